The van der Waals surface area contributed by atoms with Crippen LogP contribution < -0.4 is 0 Å². The maximum absolute atomic E-state index is 3.74. The first kappa shape index (κ1) is 12.3. The van der Waals surface area contributed by atoms with Crippen LogP contribution in [0.3, 0.4) is 0 Å². The third-order valence-corrected chi connectivity index (χ3v) is 3.18. The largest absolute Gasteiger partial charge is 0.309 e. The zero-order valence-corrected chi connectivity index (χ0v) is 10.4. The van der Waals surface area contributed by atoms with E-state index in [2.05, 4.69) is 49.8 Å². The molecule has 0 aliphatic rings. The van der Waals surface area contributed by atoms with E-state index in [1.54, 1.807) is 0 Å². The van der Waals surface area contributed by atoms with E-state index in [-0.39, 0.29) is 0 Å². The monoisotopic (exact) mass is 221 g/mol. The molecule has 0 saturated carbocycles. The van der Waals surface area contributed by atoms with Gasteiger partial charge in [0.1, 0.15) is 0 Å². The lowest BCUT2D eigenvalue weighted by molar-refractivity contribution is 0.437. The molecule has 0 aliphatic heterocycles. The predicted molar refractivity (Wildman–Crippen MR) is 71.2 cm³/mol. The third-order valence-electron chi connectivity index (χ3n) is 2.17. The first-order chi connectivity index (χ1) is 7.22. The van der Waals surface area contributed by atoms with Crippen LogP contribution in [0, 0.1) is 0 Å². The van der Waals surface area contributed by atoms with Crippen molar-refractivity contribution >= 4 is 17.8 Å². The summed E-state index contributed by atoms with van der Waals surface area (Å²) in [6.45, 7) is 4.89. The summed E-state index contributed by atoms with van der Waals surface area (Å²) < 4.78 is 0. The summed E-state index contributed by atoms with van der Waals surface area (Å²) in [6, 6.07) is 8.60. The minimum absolute atomic E-state index is 1.10. The van der Waals surface area contributed by atoms with Gasteiger partial charge in [0.25, 0.3) is 0 Å². The molecule has 0 fully saturated rings. The highest BCUT2D eigenvalue weighted by molar-refractivity contribution is 7.98. The van der Waals surface area contributed by atoms with Gasteiger partial charge in [0.2, 0.25) is 0 Å². The zero-order chi connectivity index (χ0) is 11.1. The maximum atomic E-state index is 3.74. The Kier molecular flexibility index (Phi) is 5.51. The minimum atomic E-state index is 1.10. The number of hydrogen-bond acceptors (Lipinski definition) is 2. The van der Waals surface area contributed by atoms with Crippen molar-refractivity contribution < 1.29 is 0 Å². The van der Waals surface area contributed by atoms with Gasteiger partial charge in [-0.1, -0.05) is 36.9 Å². The highest BCUT2D eigenvalue weighted by Gasteiger charge is 1.94. The molecule has 0 unspecified atom stereocenters. The van der Waals surface area contributed by atoms with Crippen LogP contribution in [0.4, 0.5) is 0 Å². The van der Waals surface area contributed by atoms with Gasteiger partial charge in [0.05, 0.1) is 0 Å². The lowest BCUT2D eigenvalue weighted by Crippen LogP contribution is -2.14. The van der Waals surface area contributed by atoms with Crippen molar-refractivity contribution in [1.82, 2.24) is 4.90 Å². The highest BCUT2D eigenvalue weighted by atomic mass is 32.2. The number of nitrogens with zero attached hydrogens (tertiary/aromatic N) is 1. The van der Waals surface area contributed by atoms with Gasteiger partial charge < -0.3 is 4.90 Å². The lowest BCUT2D eigenvalue weighted by atomic mass is 10.1. The topological polar surface area (TPSA) is 3.24 Å². The Morgan fingerprint density at radius 3 is 2.47 bits per heavy atom. The molecule has 1 rings (SSSR count). The van der Waals surface area contributed by atoms with Crippen molar-refractivity contribution in [3.63, 3.8) is 0 Å². The van der Waals surface area contributed by atoms with Crippen molar-refractivity contribution in [2.45, 2.75) is 5.75 Å². The highest BCUT2D eigenvalue weighted by Crippen LogP contribution is 2.13. The van der Waals surface area contributed by atoms with E-state index in [9.17, 15) is 0 Å². The second-order valence-electron chi connectivity index (χ2n) is 3.80. The summed E-state index contributed by atoms with van der Waals surface area (Å²) >= 11 is 1.98. The Balaban J connectivity index is 2.28. The summed E-state index contributed by atoms with van der Waals surface area (Å²) in [4.78, 5) is 2.22. The average Bonchev–Trinajstić information content (AvgIpc) is 2.25. The van der Waals surface area contributed by atoms with Gasteiger partial charge in [-0.05, 0) is 25.2 Å². The fraction of sp³-hybridized carbons (Fsp3) is 0.385. The number of hydrogen-bond donors (Lipinski definition) is 0. The van der Waals surface area contributed by atoms with Crippen LogP contribution in [-0.2, 0) is 5.75 Å². The van der Waals surface area contributed by atoms with Gasteiger partial charge in [-0.2, -0.15) is 11.8 Å². The van der Waals surface area contributed by atoms with Crippen LogP contribution in [0.25, 0.3) is 6.08 Å². The van der Waals surface area contributed by atoms with E-state index in [1.165, 1.54) is 16.9 Å². The lowest BCUT2D eigenvalue weighted by Gasteiger charge is -2.08. The van der Waals surface area contributed by atoms with E-state index < -0.39 is 0 Å². The Morgan fingerprint density at radius 1 is 1.27 bits per heavy atom. The van der Waals surface area contributed by atoms with E-state index in [0.29, 0.717) is 0 Å². The van der Waals surface area contributed by atoms with E-state index in [4.69, 9.17) is 0 Å². The first-order valence-electron chi connectivity index (χ1n) is 5.16. The van der Waals surface area contributed by atoms with Gasteiger partial charge in [0.15, 0.2) is 0 Å². The maximum Gasteiger partial charge on any atom is 0.0185 e. The molecule has 0 N–H and O–H groups in total. The van der Waals surface area contributed by atoms with E-state index in [1.807, 2.05) is 17.8 Å². The molecule has 1 nitrogen and oxygen atoms in total. The minimum Gasteiger partial charge on any atom is -0.309 e. The normalized spacial score (nSPS) is 10.6. The quantitative estimate of drug-likeness (QED) is 0.679. The Bertz CT molecular complexity index is 290. The number of thioether (sulfide) groups is 1. The molecule has 0 saturated heterocycles. The standard InChI is InChI=1S/C13H19NS/c1-4-12-5-7-13(8-6-12)11-15-10-9-14(2)3/h4-8H,1,9-11H2,2-3H3. The van der Waals surface area contributed by atoms with Crippen molar-refractivity contribution in [1.29, 1.82) is 0 Å². The first-order valence-corrected chi connectivity index (χ1v) is 6.31. The molecule has 0 spiro atoms. The van der Waals surface area contributed by atoms with Crippen molar-refractivity contribution in [3.05, 3.63) is 42.0 Å². The Hall–Kier alpha value is -0.730. The van der Waals surface area contributed by atoms with Crippen molar-refractivity contribution in [2.75, 3.05) is 26.4 Å². The molecular formula is C13H19NS. The number of benzene rings is 1. The van der Waals surface area contributed by atoms with Gasteiger partial charge in [-0.25, -0.2) is 0 Å². The van der Waals surface area contributed by atoms with Crippen molar-refractivity contribution in [2.24, 2.45) is 0 Å². The van der Waals surface area contributed by atoms with Crippen LogP contribution in [0.2, 0.25) is 0 Å². The number of rotatable bonds is 6. The predicted octanol–water partition coefficient (Wildman–Crippen LogP) is 3.12. The van der Waals surface area contributed by atoms with Crippen LogP contribution in [0.15, 0.2) is 30.8 Å². The SMILES string of the molecule is C=Cc1ccc(CSCCN(C)C)cc1. The molecule has 2 heteroatoms. The molecule has 0 amide bonds. The Morgan fingerprint density at radius 2 is 1.93 bits per heavy atom. The van der Waals surface area contributed by atoms with Gasteiger partial charge >= 0.3 is 0 Å². The molecular weight excluding hydrogens is 202 g/mol. The Labute approximate surface area is 97.2 Å². The molecule has 0 aliphatic carbocycles. The van der Waals surface area contributed by atoms with Gasteiger partial charge in [-0.3, -0.25) is 0 Å². The average molecular weight is 221 g/mol. The van der Waals surface area contributed by atoms with Crippen LogP contribution in [-0.4, -0.2) is 31.3 Å². The molecule has 0 aromatic heterocycles. The second kappa shape index (κ2) is 6.70. The molecule has 0 heterocycles. The smallest absolute Gasteiger partial charge is 0.0185 e. The zero-order valence-electron chi connectivity index (χ0n) is 9.57. The summed E-state index contributed by atoms with van der Waals surface area (Å²) in [5.41, 5.74) is 2.58. The van der Waals surface area contributed by atoms with Crippen LogP contribution >= 0.6 is 11.8 Å². The third kappa shape index (κ3) is 5.05. The molecule has 0 atom stereocenters. The molecule has 0 radical (unpaired) electrons. The van der Waals surface area contributed by atoms with Gasteiger partial charge in [-0.15, -0.1) is 0 Å². The van der Waals surface area contributed by atoms with E-state index >= 15 is 0 Å². The summed E-state index contributed by atoms with van der Waals surface area (Å²) in [6.07, 6.45) is 1.88. The fourth-order valence-electron chi connectivity index (χ4n) is 1.19. The van der Waals surface area contributed by atoms with E-state index in [0.717, 1.165) is 12.3 Å². The van der Waals surface area contributed by atoms with Crippen LogP contribution in [0.5, 0.6) is 0 Å². The van der Waals surface area contributed by atoms with Gasteiger partial charge in [0, 0.05) is 18.1 Å². The van der Waals surface area contributed by atoms with Crippen molar-refractivity contribution in [3.8, 4) is 0 Å². The molecule has 82 valence electrons. The summed E-state index contributed by atoms with van der Waals surface area (Å²) in [7, 11) is 4.22. The summed E-state index contributed by atoms with van der Waals surface area (Å²) in [5.74, 6) is 2.29. The molecule has 15 heavy (non-hydrogen) atoms. The molecule has 0 bridgehead atoms. The molecule has 1 aromatic rings. The van der Waals surface area contributed by atoms with Crippen LogP contribution in [0.1, 0.15) is 11.1 Å². The molecule has 1 aromatic carbocycles. The summed E-state index contributed by atoms with van der Waals surface area (Å²) in [5, 5.41) is 0. The fourth-order valence-corrected chi connectivity index (χ4v) is 2.25. The second-order valence-corrected chi connectivity index (χ2v) is 4.91.